The largest absolute Gasteiger partial charge is 0.480 e. The molecule has 0 radical (unpaired) electrons. The van der Waals surface area contributed by atoms with Gasteiger partial charge in [-0.25, -0.2) is 0 Å². The highest BCUT2D eigenvalue weighted by molar-refractivity contribution is 6.02. The summed E-state index contributed by atoms with van der Waals surface area (Å²) in [7, 11) is 1.78. The first-order chi connectivity index (χ1) is 8.47. The van der Waals surface area contributed by atoms with Gasteiger partial charge in [0.2, 0.25) is 5.91 Å². The zero-order valence-electron chi connectivity index (χ0n) is 11.3. The molecular weight excluding hydrogens is 230 g/mol. The minimum absolute atomic E-state index is 0.166. The Balaban J connectivity index is 2.02. The predicted octanol–water partition coefficient (Wildman–Crippen LogP) is 2.28. The number of aliphatic carboxylic acids is 1. The monoisotopic (exact) mass is 253 g/mol. The highest BCUT2D eigenvalue weighted by atomic mass is 16.4. The Morgan fingerprint density at radius 3 is 2.11 bits per heavy atom. The van der Waals surface area contributed by atoms with Gasteiger partial charge in [-0.2, -0.15) is 0 Å². The molecular formula is C14H23NO3. The van der Waals surface area contributed by atoms with Crippen molar-refractivity contribution < 1.29 is 14.7 Å². The van der Waals surface area contributed by atoms with Crippen molar-refractivity contribution in [2.75, 3.05) is 7.05 Å². The minimum Gasteiger partial charge on any atom is -0.480 e. The van der Waals surface area contributed by atoms with Crippen LogP contribution in [0.3, 0.4) is 0 Å². The van der Waals surface area contributed by atoms with Gasteiger partial charge in [0.05, 0.1) is 0 Å². The molecule has 2 aliphatic carbocycles. The van der Waals surface area contributed by atoms with Gasteiger partial charge in [-0.1, -0.05) is 13.3 Å². The summed E-state index contributed by atoms with van der Waals surface area (Å²) in [4.78, 5) is 25.5. The first-order valence-corrected chi connectivity index (χ1v) is 6.98. The third kappa shape index (κ3) is 2.13. The molecule has 2 saturated carbocycles. The summed E-state index contributed by atoms with van der Waals surface area (Å²) in [6.07, 6.45) is 6.18. The molecule has 0 aromatic rings. The maximum atomic E-state index is 12.4. The molecule has 0 heterocycles. The highest BCUT2D eigenvalue weighted by Gasteiger charge is 2.53. The molecule has 2 aliphatic rings. The van der Waals surface area contributed by atoms with Crippen molar-refractivity contribution >= 4 is 11.9 Å². The summed E-state index contributed by atoms with van der Waals surface area (Å²) >= 11 is 0. The fourth-order valence-electron chi connectivity index (χ4n) is 3.18. The predicted molar refractivity (Wildman–Crippen MR) is 68.1 cm³/mol. The second-order valence-electron chi connectivity index (χ2n) is 6.07. The van der Waals surface area contributed by atoms with Gasteiger partial charge >= 0.3 is 5.97 Å². The molecule has 4 nitrogen and oxygen atoms in total. The SMILES string of the molecule is CC1CCC(N(C)C(=O)C2(C(=O)O)CCC2)CC1. The molecule has 0 bridgehead atoms. The van der Waals surface area contributed by atoms with Crippen molar-refractivity contribution in [2.45, 2.75) is 57.9 Å². The lowest BCUT2D eigenvalue weighted by molar-refractivity contribution is -0.168. The molecule has 18 heavy (non-hydrogen) atoms. The summed E-state index contributed by atoms with van der Waals surface area (Å²) in [6, 6.07) is 0.241. The van der Waals surface area contributed by atoms with E-state index >= 15 is 0 Å². The van der Waals surface area contributed by atoms with E-state index in [2.05, 4.69) is 6.92 Å². The Morgan fingerprint density at radius 1 is 1.17 bits per heavy atom. The smallest absolute Gasteiger partial charge is 0.319 e. The Labute approximate surface area is 108 Å². The van der Waals surface area contributed by atoms with Crippen LogP contribution in [0.25, 0.3) is 0 Å². The van der Waals surface area contributed by atoms with E-state index in [-0.39, 0.29) is 11.9 Å². The summed E-state index contributed by atoms with van der Waals surface area (Å²) in [5.41, 5.74) is -1.10. The normalized spacial score (nSPS) is 30.3. The van der Waals surface area contributed by atoms with Crippen LogP contribution in [-0.4, -0.2) is 35.0 Å². The van der Waals surface area contributed by atoms with Crippen molar-refractivity contribution in [2.24, 2.45) is 11.3 Å². The van der Waals surface area contributed by atoms with Gasteiger partial charge in [-0.05, 0) is 44.4 Å². The van der Waals surface area contributed by atoms with Crippen LogP contribution < -0.4 is 0 Å². The number of hydrogen-bond acceptors (Lipinski definition) is 2. The number of carbonyl (C=O) groups excluding carboxylic acids is 1. The van der Waals surface area contributed by atoms with Crippen LogP contribution in [0.2, 0.25) is 0 Å². The van der Waals surface area contributed by atoms with E-state index in [0.717, 1.165) is 38.0 Å². The van der Waals surface area contributed by atoms with Crippen molar-refractivity contribution in [3.05, 3.63) is 0 Å². The first kappa shape index (κ1) is 13.4. The highest BCUT2D eigenvalue weighted by Crippen LogP contribution is 2.43. The van der Waals surface area contributed by atoms with Crippen molar-refractivity contribution in [1.82, 2.24) is 4.90 Å². The number of hydrogen-bond donors (Lipinski definition) is 1. The van der Waals surface area contributed by atoms with E-state index in [1.807, 2.05) is 0 Å². The van der Waals surface area contributed by atoms with Gasteiger partial charge in [-0.3, -0.25) is 9.59 Å². The van der Waals surface area contributed by atoms with E-state index in [9.17, 15) is 14.7 Å². The molecule has 0 aromatic carbocycles. The number of nitrogens with zero attached hydrogens (tertiary/aromatic N) is 1. The number of amides is 1. The van der Waals surface area contributed by atoms with Crippen LogP contribution >= 0.6 is 0 Å². The third-order valence-electron chi connectivity index (χ3n) is 4.88. The molecule has 2 rings (SSSR count). The van der Waals surface area contributed by atoms with Gasteiger partial charge in [0.1, 0.15) is 5.41 Å². The molecule has 0 spiro atoms. The lowest BCUT2D eigenvalue weighted by Crippen LogP contribution is -2.54. The van der Waals surface area contributed by atoms with Crippen molar-refractivity contribution in [3.8, 4) is 0 Å². The van der Waals surface area contributed by atoms with Crippen molar-refractivity contribution in [3.63, 3.8) is 0 Å². The Morgan fingerprint density at radius 2 is 1.72 bits per heavy atom. The maximum Gasteiger partial charge on any atom is 0.319 e. The molecule has 1 amide bonds. The van der Waals surface area contributed by atoms with Gasteiger partial charge < -0.3 is 10.0 Å². The fraction of sp³-hybridized carbons (Fsp3) is 0.857. The minimum atomic E-state index is -1.10. The van der Waals surface area contributed by atoms with Crippen LogP contribution in [-0.2, 0) is 9.59 Å². The first-order valence-electron chi connectivity index (χ1n) is 6.98. The van der Waals surface area contributed by atoms with Crippen molar-refractivity contribution in [1.29, 1.82) is 0 Å². The Bertz CT molecular complexity index is 341. The Kier molecular flexibility index (Phi) is 3.64. The summed E-state index contributed by atoms with van der Waals surface area (Å²) in [5, 5.41) is 9.30. The molecule has 102 valence electrons. The zero-order chi connectivity index (χ0) is 13.3. The van der Waals surface area contributed by atoms with E-state index < -0.39 is 11.4 Å². The zero-order valence-corrected chi connectivity index (χ0v) is 11.3. The number of carboxylic acids is 1. The number of carboxylic acid groups (broad SMARTS) is 1. The number of carbonyl (C=O) groups is 2. The molecule has 2 fully saturated rings. The van der Waals surface area contributed by atoms with E-state index in [0.29, 0.717) is 12.8 Å². The van der Waals surface area contributed by atoms with Crippen LogP contribution in [0, 0.1) is 11.3 Å². The average molecular weight is 253 g/mol. The molecule has 0 aromatic heterocycles. The second-order valence-corrected chi connectivity index (χ2v) is 6.07. The topological polar surface area (TPSA) is 57.6 Å². The quantitative estimate of drug-likeness (QED) is 0.785. The maximum absolute atomic E-state index is 12.4. The summed E-state index contributed by atoms with van der Waals surface area (Å²) in [6.45, 7) is 2.24. The van der Waals surface area contributed by atoms with Gasteiger partial charge in [-0.15, -0.1) is 0 Å². The van der Waals surface area contributed by atoms with Crippen LogP contribution in [0.5, 0.6) is 0 Å². The third-order valence-corrected chi connectivity index (χ3v) is 4.88. The van der Waals surface area contributed by atoms with E-state index in [1.54, 1.807) is 11.9 Å². The molecule has 0 atom stereocenters. The summed E-state index contributed by atoms with van der Waals surface area (Å²) in [5.74, 6) is -0.363. The Hall–Kier alpha value is -1.06. The van der Waals surface area contributed by atoms with E-state index in [4.69, 9.17) is 0 Å². The fourth-order valence-corrected chi connectivity index (χ4v) is 3.18. The molecule has 0 saturated heterocycles. The lowest BCUT2D eigenvalue weighted by Gasteiger charge is -2.42. The lowest BCUT2D eigenvalue weighted by atomic mass is 9.67. The molecule has 4 heteroatoms. The van der Waals surface area contributed by atoms with Gasteiger partial charge in [0.15, 0.2) is 0 Å². The molecule has 0 aliphatic heterocycles. The summed E-state index contributed by atoms with van der Waals surface area (Å²) < 4.78 is 0. The van der Waals surface area contributed by atoms with Crippen LogP contribution in [0.15, 0.2) is 0 Å². The van der Waals surface area contributed by atoms with E-state index in [1.165, 1.54) is 0 Å². The average Bonchev–Trinajstić information content (AvgIpc) is 2.27. The van der Waals surface area contributed by atoms with Crippen LogP contribution in [0.4, 0.5) is 0 Å². The van der Waals surface area contributed by atoms with Gasteiger partial charge in [0.25, 0.3) is 0 Å². The molecule has 0 unspecified atom stereocenters. The molecule has 1 N–H and O–H groups in total. The van der Waals surface area contributed by atoms with Gasteiger partial charge in [0, 0.05) is 13.1 Å². The second kappa shape index (κ2) is 4.90. The number of rotatable bonds is 3. The standard InChI is InChI=1S/C14H23NO3/c1-10-4-6-11(7-5-10)15(2)12(16)14(13(17)18)8-3-9-14/h10-11H,3-9H2,1-2H3,(H,17,18). The van der Waals surface area contributed by atoms with Crippen LogP contribution in [0.1, 0.15) is 51.9 Å².